The van der Waals surface area contributed by atoms with Crippen LogP contribution >= 0.6 is 136 Å². The van der Waals surface area contributed by atoms with Crippen LogP contribution in [-0.2, 0) is 0 Å². The molecular formula is C46H44S12Si4. The van der Waals surface area contributed by atoms with Crippen molar-refractivity contribution in [3.05, 3.63) is 68.0 Å². The molecule has 0 spiro atoms. The zero-order valence-electron chi connectivity index (χ0n) is 36.5. The predicted octanol–water partition coefficient (Wildman–Crippen LogP) is 18.8. The number of hydrogen-bond donors (Lipinski definition) is 0. The number of rotatable bonds is 8. The quantitative estimate of drug-likeness (QED) is 0.133. The molecule has 316 valence electrons. The van der Waals surface area contributed by atoms with Crippen LogP contribution in [0.5, 0.6) is 0 Å². The van der Waals surface area contributed by atoms with Gasteiger partial charge >= 0.3 is 0 Å². The van der Waals surface area contributed by atoms with E-state index in [1.165, 1.54) is 106 Å². The van der Waals surface area contributed by atoms with Gasteiger partial charge in [-0.15, -0.1) is 136 Å². The van der Waals surface area contributed by atoms with Crippen LogP contribution in [-0.4, -0.2) is 32.3 Å². The summed E-state index contributed by atoms with van der Waals surface area (Å²) in [6.07, 6.45) is 0. The molecule has 12 aromatic heterocycles. The maximum Gasteiger partial charge on any atom is 0.0904 e. The molecule has 0 radical (unpaired) electrons. The third-order valence-electron chi connectivity index (χ3n) is 11.7. The Bertz CT molecular complexity index is 3310. The van der Waals surface area contributed by atoms with Crippen molar-refractivity contribution in [3.63, 3.8) is 0 Å². The highest BCUT2D eigenvalue weighted by molar-refractivity contribution is 7.54. The van der Waals surface area contributed by atoms with E-state index < -0.39 is 32.3 Å². The van der Waals surface area contributed by atoms with E-state index in [0.29, 0.717) is 0 Å². The Labute approximate surface area is 414 Å². The smallest absolute Gasteiger partial charge is 0.0904 e. The zero-order chi connectivity index (χ0) is 43.2. The molecular weight excluding hydrogens is 1050 g/mol. The topological polar surface area (TPSA) is 0 Å². The third-order valence-corrected chi connectivity index (χ3v) is 40.7. The zero-order valence-corrected chi connectivity index (χ0v) is 50.3. The molecule has 0 aliphatic heterocycles. The summed E-state index contributed by atoms with van der Waals surface area (Å²) in [5, 5.41) is 11.7. The van der Waals surface area contributed by atoms with Crippen molar-refractivity contribution in [2.45, 2.75) is 78.6 Å². The van der Waals surface area contributed by atoms with E-state index in [0.717, 1.165) is 0 Å². The van der Waals surface area contributed by atoms with Crippen molar-refractivity contribution in [2.75, 3.05) is 0 Å². The lowest BCUT2D eigenvalue weighted by molar-refractivity contribution is 1.76. The van der Waals surface area contributed by atoms with Crippen molar-refractivity contribution < 1.29 is 0 Å². The van der Waals surface area contributed by atoms with Gasteiger partial charge in [-0.1, -0.05) is 78.6 Å². The molecule has 0 saturated carbocycles. The minimum Gasteiger partial charge on any atom is -0.134 e. The maximum absolute atomic E-state index is 2.60. The largest absolute Gasteiger partial charge is 0.134 e. The Balaban J connectivity index is 1.16. The van der Waals surface area contributed by atoms with Crippen LogP contribution in [0.25, 0.3) is 86.3 Å². The van der Waals surface area contributed by atoms with Crippen LogP contribution in [0, 0.1) is 0 Å². The second kappa shape index (κ2) is 14.3. The molecule has 0 atom stereocenters. The first-order chi connectivity index (χ1) is 29.2. The van der Waals surface area contributed by atoms with E-state index in [-0.39, 0.29) is 0 Å². The average Bonchev–Trinajstić information content (AvgIpc) is 3.97. The van der Waals surface area contributed by atoms with E-state index in [4.69, 9.17) is 0 Å². The van der Waals surface area contributed by atoms with Gasteiger partial charge in [0.25, 0.3) is 0 Å². The van der Waals surface area contributed by atoms with E-state index >= 15 is 0 Å². The number of fused-ring (bicyclic) bond motifs is 12. The van der Waals surface area contributed by atoms with Gasteiger partial charge in [0.15, 0.2) is 0 Å². The van der Waals surface area contributed by atoms with Gasteiger partial charge in [0, 0.05) is 73.7 Å². The van der Waals surface area contributed by atoms with Gasteiger partial charge in [-0.05, 0) is 66.5 Å². The Morgan fingerprint density at radius 2 is 0.419 bits per heavy atom. The third kappa shape index (κ3) is 6.81. The predicted molar refractivity (Wildman–Crippen MR) is 317 cm³/mol. The summed E-state index contributed by atoms with van der Waals surface area (Å²) < 4.78 is 18.4. The second-order valence-corrected chi connectivity index (χ2v) is 56.8. The highest BCUT2D eigenvalue weighted by atomic mass is 32.2. The van der Waals surface area contributed by atoms with Crippen molar-refractivity contribution in [3.8, 4) is 0 Å². The van der Waals surface area contributed by atoms with Crippen LogP contribution in [0.4, 0.5) is 0 Å². The first kappa shape index (κ1) is 42.4. The normalized spacial score (nSPS) is 13.8. The first-order valence-electron chi connectivity index (χ1n) is 20.8. The Morgan fingerprint density at radius 1 is 0.242 bits per heavy atom. The van der Waals surface area contributed by atoms with Crippen LogP contribution in [0.2, 0.25) is 78.6 Å². The molecule has 0 amide bonds. The van der Waals surface area contributed by atoms with Crippen molar-refractivity contribution in [1.82, 2.24) is 0 Å². The number of hydrogen-bond acceptors (Lipinski definition) is 12. The monoisotopic (exact) mass is 1090 g/mol. The molecule has 0 fully saturated rings. The fourth-order valence-corrected chi connectivity index (χ4v) is 33.1. The van der Waals surface area contributed by atoms with E-state index in [9.17, 15) is 0 Å². The highest BCUT2D eigenvalue weighted by Crippen LogP contribution is 2.55. The molecule has 62 heavy (non-hydrogen) atoms. The van der Waals surface area contributed by atoms with E-state index in [1.54, 1.807) is 18.0 Å². The summed E-state index contributed by atoms with van der Waals surface area (Å²) in [7, 11) is -5.71. The average molecular weight is 1090 g/mol. The summed E-state index contributed by atoms with van der Waals surface area (Å²) in [5.74, 6) is 0. The lowest BCUT2D eigenvalue weighted by atomic mass is 10.00. The van der Waals surface area contributed by atoms with Gasteiger partial charge in [0.1, 0.15) is 0 Å². The lowest BCUT2D eigenvalue weighted by Crippen LogP contribution is -2.34. The van der Waals surface area contributed by atoms with E-state index in [1.807, 2.05) is 90.7 Å². The Kier molecular flexibility index (Phi) is 9.79. The van der Waals surface area contributed by atoms with Crippen molar-refractivity contribution in [1.29, 1.82) is 0 Å². The molecule has 0 unspecified atom stereocenters. The molecule has 0 aromatic carbocycles. The highest BCUT2D eigenvalue weighted by Gasteiger charge is 2.30. The first-order valence-corrected chi connectivity index (χ1v) is 44.6. The van der Waals surface area contributed by atoms with Crippen LogP contribution in [0.3, 0.4) is 0 Å². The van der Waals surface area contributed by atoms with Gasteiger partial charge in [-0.2, -0.15) is 0 Å². The van der Waals surface area contributed by atoms with Crippen molar-refractivity contribution >= 4 is 273 Å². The van der Waals surface area contributed by atoms with Gasteiger partial charge in [-0.25, -0.2) is 0 Å². The van der Waals surface area contributed by atoms with Crippen LogP contribution < -0.4 is 18.0 Å². The fourth-order valence-electron chi connectivity index (χ4n) is 8.15. The SMILES string of the molecule is C[Si](C)(C)c1cc2c(s1)sc1sc(C(=C(c3cc4c(s3)sc3sc([Si](C)(C)C)cc34)c3cc4c(s3)sc3sc([Si](C)(C)C)cc34)c3cc4c(s3)sc3sc([Si](C)(C)C)cc34)cc12. The second-order valence-electron chi connectivity index (χ2n) is 20.7. The van der Waals surface area contributed by atoms with Crippen molar-refractivity contribution in [2.24, 2.45) is 0 Å². The summed E-state index contributed by atoms with van der Waals surface area (Å²) >= 11 is 24.6. The summed E-state index contributed by atoms with van der Waals surface area (Å²) in [6.45, 7) is 29.9. The Hall–Kier alpha value is -0.912. The molecule has 0 nitrogen and oxygen atoms in total. The van der Waals surface area contributed by atoms with Gasteiger partial charge in [0.05, 0.1) is 64.4 Å². The molecule has 12 aromatic rings. The molecule has 0 aliphatic carbocycles. The minimum absolute atomic E-state index is 1.42. The molecule has 0 aliphatic rings. The summed E-state index contributed by atoms with van der Waals surface area (Å²) in [6, 6.07) is 20.7. The molecule has 12 rings (SSSR count). The summed E-state index contributed by atoms with van der Waals surface area (Å²) in [4.78, 5) is 5.66. The molecule has 0 saturated heterocycles. The lowest BCUT2D eigenvalue weighted by Gasteiger charge is -2.12. The maximum atomic E-state index is 2.60. The number of thiophene rings is 12. The molecule has 16 heteroatoms. The van der Waals surface area contributed by atoms with Gasteiger partial charge < -0.3 is 0 Å². The molecule has 12 heterocycles. The minimum atomic E-state index is -1.43. The van der Waals surface area contributed by atoms with Gasteiger partial charge in [-0.3, -0.25) is 0 Å². The van der Waals surface area contributed by atoms with Crippen LogP contribution in [0.1, 0.15) is 19.5 Å². The summed E-state index contributed by atoms with van der Waals surface area (Å²) in [5.41, 5.74) is 2.87. The molecule has 0 N–H and O–H groups in total. The standard InChI is InChI=1S/C46H44S12Si4/c1-59(2,3)33-17-25-21-13-29(47-39(21)55-43(25)51-33)37(30-14-22-26-18-34(60(4,5)6)52-44(26)56-40(22)48-30)38(31-15-23-27-19-35(61(7,8)9)53-45(27)57-41(23)49-31)32-16-24-28-20-36(62(10,11)12)54-46(28)58-42(24)50-32/h13-20H,1-12H3. The Morgan fingerprint density at radius 3 is 0.613 bits per heavy atom. The van der Waals surface area contributed by atoms with Gasteiger partial charge in [0.2, 0.25) is 0 Å². The fraction of sp³-hybridized carbons (Fsp3) is 0.261. The molecule has 0 bridgehead atoms. The van der Waals surface area contributed by atoms with E-state index in [2.05, 4.69) is 172 Å². The van der Waals surface area contributed by atoms with Crippen LogP contribution in [0.15, 0.2) is 48.5 Å².